The number of carbonyl (C=O) groups is 1. The molecule has 0 bridgehead atoms. The van der Waals surface area contributed by atoms with Gasteiger partial charge in [-0.2, -0.15) is 0 Å². The number of nitrogens with zero attached hydrogens (tertiary/aromatic N) is 1. The summed E-state index contributed by atoms with van der Waals surface area (Å²) in [6.45, 7) is 0.0305. The van der Waals surface area contributed by atoms with Crippen LogP contribution in [0.2, 0.25) is 0 Å². The molecular weight excluding hydrogens is 319 g/mol. The zero-order valence-electron chi connectivity index (χ0n) is 10.6. The van der Waals surface area contributed by atoms with Crippen molar-refractivity contribution in [2.45, 2.75) is 10.6 Å². The van der Waals surface area contributed by atoms with E-state index in [4.69, 9.17) is 5.11 Å². The molecule has 0 aliphatic rings. The first kappa shape index (κ1) is 15.5. The molecule has 0 fully saturated rings. The molecule has 6 nitrogen and oxygen atoms in total. The quantitative estimate of drug-likeness (QED) is 0.837. The van der Waals surface area contributed by atoms with Crippen molar-refractivity contribution < 1.29 is 22.7 Å². The van der Waals surface area contributed by atoms with Crippen LogP contribution in [0.4, 0.5) is 4.39 Å². The second-order valence-electron chi connectivity index (χ2n) is 4.07. The number of hydrogen-bond acceptors (Lipinski definition) is 5. The Balaban J connectivity index is 2.05. The maximum Gasteiger partial charge on any atom is 0.356 e. The fraction of sp³-hybridized carbons (Fsp3) is 0.167. The van der Waals surface area contributed by atoms with Crippen molar-refractivity contribution >= 4 is 27.3 Å². The van der Waals surface area contributed by atoms with Gasteiger partial charge in [0.05, 0.1) is 5.51 Å². The maximum atomic E-state index is 13.0. The van der Waals surface area contributed by atoms with Gasteiger partial charge < -0.3 is 5.11 Å². The van der Waals surface area contributed by atoms with E-state index in [1.807, 2.05) is 0 Å². The lowest BCUT2D eigenvalue weighted by Crippen LogP contribution is -2.26. The summed E-state index contributed by atoms with van der Waals surface area (Å²) in [5.41, 5.74) is 1.30. The number of nitrogens with one attached hydrogen (secondary N) is 1. The monoisotopic (exact) mass is 330 g/mol. The topological polar surface area (TPSA) is 96.4 Å². The first-order chi connectivity index (χ1) is 9.90. The molecule has 9 heteroatoms. The molecule has 0 amide bonds. The van der Waals surface area contributed by atoms with Gasteiger partial charge in [-0.15, -0.1) is 11.3 Å². The number of rotatable bonds is 6. The highest BCUT2D eigenvalue weighted by molar-refractivity contribution is 7.91. The third-order valence-electron chi connectivity index (χ3n) is 2.58. The summed E-state index contributed by atoms with van der Waals surface area (Å²) in [5.74, 6) is -1.80. The van der Waals surface area contributed by atoms with Crippen LogP contribution in [0.25, 0.3) is 0 Å². The van der Waals surface area contributed by atoms with Gasteiger partial charge >= 0.3 is 5.97 Å². The molecule has 2 N–H and O–H groups in total. The smallest absolute Gasteiger partial charge is 0.356 e. The zero-order chi connectivity index (χ0) is 15.5. The molecule has 112 valence electrons. The van der Waals surface area contributed by atoms with Gasteiger partial charge in [-0.05, 0) is 24.1 Å². The number of sulfonamides is 1. The lowest BCUT2D eigenvalue weighted by molar-refractivity contribution is 0.0687. The molecule has 0 atom stereocenters. The van der Waals surface area contributed by atoms with Crippen LogP contribution in [0.1, 0.15) is 16.1 Å². The molecule has 0 saturated carbocycles. The standard InChI is InChI=1S/C12H11FN2O4S2/c13-9-3-1-2-8(6-9)4-5-15-21(18,19)12-10(11(16)17)14-7-20-12/h1-3,6-7,15H,4-5H2,(H,16,17). The van der Waals surface area contributed by atoms with Crippen LogP contribution in [0, 0.1) is 5.82 Å². The van der Waals surface area contributed by atoms with Crippen LogP contribution in [0.3, 0.4) is 0 Å². The van der Waals surface area contributed by atoms with Crippen LogP contribution in [-0.2, 0) is 16.4 Å². The van der Waals surface area contributed by atoms with Gasteiger partial charge in [-0.25, -0.2) is 27.3 Å². The Morgan fingerprint density at radius 3 is 2.86 bits per heavy atom. The molecule has 2 rings (SSSR count). The van der Waals surface area contributed by atoms with E-state index in [0.29, 0.717) is 5.56 Å². The Bertz CT molecular complexity index is 758. The van der Waals surface area contributed by atoms with E-state index in [0.717, 1.165) is 16.8 Å². The van der Waals surface area contributed by atoms with Crippen molar-refractivity contribution in [3.8, 4) is 0 Å². The van der Waals surface area contributed by atoms with Crippen molar-refractivity contribution in [2.75, 3.05) is 6.54 Å². The van der Waals surface area contributed by atoms with Crippen LogP contribution in [-0.4, -0.2) is 31.0 Å². The highest BCUT2D eigenvalue weighted by Gasteiger charge is 2.25. The molecule has 21 heavy (non-hydrogen) atoms. The van der Waals surface area contributed by atoms with Crippen molar-refractivity contribution in [3.05, 3.63) is 46.9 Å². The van der Waals surface area contributed by atoms with E-state index in [9.17, 15) is 17.6 Å². The largest absolute Gasteiger partial charge is 0.476 e. The molecule has 0 aliphatic carbocycles. The Kier molecular flexibility index (Phi) is 4.66. The maximum absolute atomic E-state index is 13.0. The lowest BCUT2D eigenvalue weighted by atomic mass is 10.1. The third-order valence-corrected chi connectivity index (χ3v) is 5.41. The number of aromatic nitrogens is 1. The van der Waals surface area contributed by atoms with Gasteiger partial charge in [0, 0.05) is 6.54 Å². The fourth-order valence-corrected chi connectivity index (χ4v) is 3.87. The molecule has 1 heterocycles. The zero-order valence-corrected chi connectivity index (χ0v) is 12.2. The Morgan fingerprint density at radius 2 is 2.19 bits per heavy atom. The SMILES string of the molecule is O=C(O)c1ncsc1S(=O)(=O)NCCc1cccc(F)c1. The minimum atomic E-state index is -3.94. The minimum Gasteiger partial charge on any atom is -0.476 e. The second-order valence-corrected chi connectivity index (χ2v) is 6.89. The van der Waals surface area contributed by atoms with Gasteiger partial charge in [0.1, 0.15) is 5.82 Å². The fourth-order valence-electron chi connectivity index (χ4n) is 1.66. The number of carboxylic acid groups (broad SMARTS) is 1. The van der Waals surface area contributed by atoms with Crippen LogP contribution >= 0.6 is 11.3 Å². The number of halogens is 1. The number of hydrogen-bond donors (Lipinski definition) is 2. The lowest BCUT2D eigenvalue weighted by Gasteiger charge is -2.05. The van der Waals surface area contributed by atoms with Gasteiger partial charge in [-0.1, -0.05) is 12.1 Å². The van der Waals surface area contributed by atoms with E-state index in [-0.39, 0.29) is 17.2 Å². The van der Waals surface area contributed by atoms with Gasteiger partial charge in [0.15, 0.2) is 9.90 Å². The van der Waals surface area contributed by atoms with E-state index in [1.54, 1.807) is 6.07 Å². The van der Waals surface area contributed by atoms with Crippen molar-refractivity contribution in [3.63, 3.8) is 0 Å². The summed E-state index contributed by atoms with van der Waals surface area (Å²) in [5, 5.41) is 8.86. The number of aromatic carboxylic acids is 1. The first-order valence-corrected chi connectivity index (χ1v) is 8.17. The summed E-state index contributed by atoms with van der Waals surface area (Å²) in [4.78, 5) is 14.4. The minimum absolute atomic E-state index is 0.0305. The average Bonchev–Trinajstić information content (AvgIpc) is 2.88. The molecule has 0 aliphatic heterocycles. The van der Waals surface area contributed by atoms with Crippen molar-refractivity contribution in [2.24, 2.45) is 0 Å². The summed E-state index contributed by atoms with van der Waals surface area (Å²) < 4.78 is 38.9. The summed E-state index contributed by atoms with van der Waals surface area (Å²) >= 11 is 0.731. The third kappa shape index (κ3) is 3.84. The van der Waals surface area contributed by atoms with Gasteiger partial charge in [-0.3, -0.25) is 0 Å². The predicted octanol–water partition coefficient (Wildman–Crippen LogP) is 1.50. The predicted molar refractivity (Wildman–Crippen MR) is 74.4 cm³/mol. The van der Waals surface area contributed by atoms with Crippen LogP contribution < -0.4 is 4.72 Å². The van der Waals surface area contributed by atoms with E-state index >= 15 is 0 Å². The number of benzene rings is 1. The van der Waals surface area contributed by atoms with Crippen molar-refractivity contribution in [1.82, 2.24) is 9.71 Å². The Hall–Kier alpha value is -1.84. The summed E-state index contributed by atoms with van der Waals surface area (Å²) in [6.07, 6.45) is 0.290. The number of thiazole rings is 1. The van der Waals surface area contributed by atoms with E-state index < -0.39 is 27.5 Å². The van der Waals surface area contributed by atoms with Crippen LogP contribution in [0.5, 0.6) is 0 Å². The molecule has 2 aromatic rings. The average molecular weight is 330 g/mol. The highest BCUT2D eigenvalue weighted by atomic mass is 32.2. The van der Waals surface area contributed by atoms with Gasteiger partial charge in [0.25, 0.3) is 10.0 Å². The Morgan fingerprint density at radius 1 is 1.43 bits per heavy atom. The second kappa shape index (κ2) is 6.29. The molecule has 1 aromatic carbocycles. The first-order valence-electron chi connectivity index (χ1n) is 5.81. The van der Waals surface area contributed by atoms with E-state index in [2.05, 4.69) is 9.71 Å². The normalized spacial score (nSPS) is 11.5. The molecular formula is C12H11FN2O4S2. The highest BCUT2D eigenvalue weighted by Crippen LogP contribution is 2.19. The van der Waals surface area contributed by atoms with E-state index in [1.165, 1.54) is 18.2 Å². The molecule has 0 spiro atoms. The summed E-state index contributed by atoms with van der Waals surface area (Å²) in [6, 6.07) is 5.81. The molecule has 1 aromatic heterocycles. The number of carboxylic acids is 1. The van der Waals surface area contributed by atoms with Gasteiger partial charge in [0.2, 0.25) is 0 Å². The van der Waals surface area contributed by atoms with Crippen molar-refractivity contribution in [1.29, 1.82) is 0 Å². The summed E-state index contributed by atoms with van der Waals surface area (Å²) in [7, 11) is -3.94. The Labute approximate surface area is 124 Å². The van der Waals surface area contributed by atoms with Crippen LogP contribution in [0.15, 0.2) is 34.0 Å². The molecule has 0 radical (unpaired) electrons. The molecule has 0 unspecified atom stereocenters. The molecule has 0 saturated heterocycles.